The van der Waals surface area contributed by atoms with E-state index in [2.05, 4.69) is 24.9 Å². The summed E-state index contributed by atoms with van der Waals surface area (Å²) in [4.78, 5) is 18.4. The van der Waals surface area contributed by atoms with Gasteiger partial charge in [0.15, 0.2) is 5.65 Å². The summed E-state index contributed by atoms with van der Waals surface area (Å²) in [5.74, 6) is -0.247. The first kappa shape index (κ1) is 11.3. The maximum Gasteiger partial charge on any atom is 0.245 e. The van der Waals surface area contributed by atoms with Crippen LogP contribution in [0.15, 0.2) is 24.5 Å². The number of nitrogens with zero attached hydrogens (tertiary/aromatic N) is 4. The van der Waals surface area contributed by atoms with Crippen molar-refractivity contribution < 1.29 is 9.13 Å². The maximum absolute atomic E-state index is 12.9. The van der Waals surface area contributed by atoms with E-state index in [1.54, 1.807) is 12.1 Å². The topological polar surface area (TPSA) is 103 Å². The smallest absolute Gasteiger partial charge is 0.245 e. The second kappa shape index (κ2) is 4.48. The van der Waals surface area contributed by atoms with Crippen LogP contribution in [0.5, 0.6) is 5.88 Å². The Morgan fingerprint density at radius 1 is 1.26 bits per heavy atom. The molecule has 0 radical (unpaired) electrons. The monoisotopic (exact) mass is 260 g/mol. The van der Waals surface area contributed by atoms with Gasteiger partial charge in [0.25, 0.3) is 0 Å². The molecular formula is C11H9FN6O. The maximum atomic E-state index is 12.9. The zero-order valence-corrected chi connectivity index (χ0v) is 9.67. The predicted octanol–water partition coefficient (Wildman–Crippen LogP) is 1.05. The molecule has 0 aliphatic heterocycles. The Morgan fingerprint density at radius 2 is 2.16 bits per heavy atom. The van der Waals surface area contributed by atoms with Gasteiger partial charge in [0.05, 0.1) is 12.0 Å². The Hall–Kier alpha value is -2.77. The zero-order chi connectivity index (χ0) is 13.2. The van der Waals surface area contributed by atoms with Crippen LogP contribution in [-0.2, 0) is 6.61 Å². The molecule has 3 aromatic rings. The van der Waals surface area contributed by atoms with E-state index in [1.807, 2.05) is 0 Å². The molecule has 3 heterocycles. The number of nitrogens with one attached hydrogen (secondary N) is 1. The summed E-state index contributed by atoms with van der Waals surface area (Å²) >= 11 is 0. The Bertz CT molecular complexity index is 728. The Kier molecular flexibility index (Phi) is 2.67. The molecule has 3 rings (SSSR count). The molecule has 19 heavy (non-hydrogen) atoms. The zero-order valence-electron chi connectivity index (χ0n) is 9.67. The standard InChI is InChI=1S/C11H9FN6O/c12-7-3-1-2-6(16-7)4-19-10-8-9(15-5-14-8)17-11(13)18-10/h1-3,5H,4H2,(H3,13,14,15,17,18). The number of aromatic nitrogens is 5. The highest BCUT2D eigenvalue weighted by Crippen LogP contribution is 2.20. The Balaban J connectivity index is 1.87. The summed E-state index contributed by atoms with van der Waals surface area (Å²) in [6, 6.07) is 4.47. The van der Waals surface area contributed by atoms with Gasteiger partial charge in [0, 0.05) is 0 Å². The van der Waals surface area contributed by atoms with E-state index in [4.69, 9.17) is 10.5 Å². The number of hydrogen-bond donors (Lipinski definition) is 2. The van der Waals surface area contributed by atoms with Crippen LogP contribution in [0.25, 0.3) is 11.2 Å². The molecule has 7 nitrogen and oxygen atoms in total. The van der Waals surface area contributed by atoms with E-state index >= 15 is 0 Å². The van der Waals surface area contributed by atoms with Crippen LogP contribution in [0.2, 0.25) is 0 Å². The molecule has 0 aliphatic rings. The highest BCUT2D eigenvalue weighted by molar-refractivity contribution is 5.76. The van der Waals surface area contributed by atoms with Gasteiger partial charge in [0.1, 0.15) is 12.1 Å². The molecule has 0 atom stereocenters. The van der Waals surface area contributed by atoms with Gasteiger partial charge in [-0.25, -0.2) is 9.97 Å². The molecule has 0 bridgehead atoms. The van der Waals surface area contributed by atoms with Gasteiger partial charge in [-0.15, -0.1) is 0 Å². The quantitative estimate of drug-likeness (QED) is 0.682. The van der Waals surface area contributed by atoms with Gasteiger partial charge in [-0.05, 0) is 12.1 Å². The average Bonchev–Trinajstić information content (AvgIpc) is 2.84. The van der Waals surface area contributed by atoms with E-state index in [0.29, 0.717) is 16.9 Å². The average molecular weight is 260 g/mol. The minimum absolute atomic E-state index is 0.0572. The van der Waals surface area contributed by atoms with Crippen LogP contribution in [-0.4, -0.2) is 24.9 Å². The molecule has 0 aliphatic carbocycles. The number of fused-ring (bicyclic) bond motifs is 1. The minimum atomic E-state index is -0.560. The summed E-state index contributed by atoms with van der Waals surface area (Å²) < 4.78 is 18.4. The summed E-state index contributed by atoms with van der Waals surface area (Å²) in [5.41, 5.74) is 6.94. The first-order valence-electron chi connectivity index (χ1n) is 5.43. The largest absolute Gasteiger partial charge is 0.469 e. The summed E-state index contributed by atoms with van der Waals surface area (Å²) in [5, 5.41) is 0. The molecular weight excluding hydrogens is 251 g/mol. The van der Waals surface area contributed by atoms with Gasteiger partial charge in [0.2, 0.25) is 17.8 Å². The van der Waals surface area contributed by atoms with Crippen molar-refractivity contribution in [2.45, 2.75) is 6.61 Å². The van der Waals surface area contributed by atoms with Crippen molar-refractivity contribution in [2.75, 3.05) is 5.73 Å². The van der Waals surface area contributed by atoms with Crippen LogP contribution in [0.4, 0.5) is 10.3 Å². The number of pyridine rings is 1. The number of anilines is 1. The van der Waals surface area contributed by atoms with E-state index < -0.39 is 5.95 Å². The van der Waals surface area contributed by atoms with Crippen LogP contribution in [0.1, 0.15) is 5.69 Å². The number of imidazole rings is 1. The van der Waals surface area contributed by atoms with Crippen molar-refractivity contribution in [3.63, 3.8) is 0 Å². The van der Waals surface area contributed by atoms with Crippen molar-refractivity contribution in [3.8, 4) is 5.88 Å². The molecule has 0 aromatic carbocycles. The minimum Gasteiger partial charge on any atom is -0.469 e. The summed E-state index contributed by atoms with van der Waals surface area (Å²) in [7, 11) is 0. The number of nitrogen functional groups attached to an aromatic ring is 1. The number of H-pyrrole nitrogens is 1. The molecule has 3 N–H and O–H groups in total. The molecule has 0 amide bonds. The first-order valence-corrected chi connectivity index (χ1v) is 5.43. The molecule has 3 aromatic heterocycles. The highest BCUT2D eigenvalue weighted by Gasteiger charge is 2.10. The van der Waals surface area contributed by atoms with Crippen molar-refractivity contribution in [1.82, 2.24) is 24.9 Å². The second-order valence-corrected chi connectivity index (χ2v) is 3.73. The Morgan fingerprint density at radius 3 is 3.00 bits per heavy atom. The SMILES string of the molecule is Nc1nc(OCc2cccc(F)n2)c2[nH]cnc2n1. The molecule has 96 valence electrons. The number of ether oxygens (including phenoxy) is 1. The molecule has 0 fully saturated rings. The third-order valence-corrected chi connectivity index (χ3v) is 2.40. The van der Waals surface area contributed by atoms with Crippen molar-refractivity contribution in [2.24, 2.45) is 0 Å². The van der Waals surface area contributed by atoms with E-state index in [9.17, 15) is 4.39 Å². The van der Waals surface area contributed by atoms with Gasteiger partial charge in [-0.1, -0.05) is 6.07 Å². The van der Waals surface area contributed by atoms with Crippen LogP contribution in [0, 0.1) is 5.95 Å². The van der Waals surface area contributed by atoms with Gasteiger partial charge < -0.3 is 15.5 Å². The number of rotatable bonds is 3. The van der Waals surface area contributed by atoms with Gasteiger partial charge in [-0.3, -0.25) is 0 Å². The normalized spacial score (nSPS) is 10.8. The fourth-order valence-electron chi connectivity index (χ4n) is 1.60. The lowest BCUT2D eigenvalue weighted by atomic mass is 10.4. The van der Waals surface area contributed by atoms with E-state index in [1.165, 1.54) is 12.4 Å². The highest BCUT2D eigenvalue weighted by atomic mass is 19.1. The van der Waals surface area contributed by atoms with Crippen LogP contribution >= 0.6 is 0 Å². The molecule has 8 heteroatoms. The van der Waals surface area contributed by atoms with Crippen molar-refractivity contribution in [1.29, 1.82) is 0 Å². The van der Waals surface area contributed by atoms with E-state index in [0.717, 1.165) is 0 Å². The molecule has 0 saturated heterocycles. The van der Waals surface area contributed by atoms with E-state index in [-0.39, 0.29) is 18.4 Å². The number of hydrogen-bond acceptors (Lipinski definition) is 6. The lowest BCUT2D eigenvalue weighted by Crippen LogP contribution is -2.04. The molecule has 0 spiro atoms. The third-order valence-electron chi connectivity index (χ3n) is 2.40. The third kappa shape index (κ3) is 2.28. The lowest BCUT2D eigenvalue weighted by molar-refractivity contribution is 0.291. The van der Waals surface area contributed by atoms with Crippen LogP contribution < -0.4 is 10.5 Å². The number of nitrogens with two attached hydrogens (primary N) is 1. The van der Waals surface area contributed by atoms with Crippen LogP contribution in [0.3, 0.4) is 0 Å². The summed E-state index contributed by atoms with van der Waals surface area (Å²) in [6.07, 6.45) is 1.46. The lowest BCUT2D eigenvalue weighted by Gasteiger charge is -2.05. The van der Waals surface area contributed by atoms with Crippen molar-refractivity contribution >= 4 is 17.1 Å². The fraction of sp³-hybridized carbons (Fsp3) is 0.0909. The Labute approximate surface area is 106 Å². The number of aromatic amines is 1. The van der Waals surface area contributed by atoms with Gasteiger partial charge >= 0.3 is 0 Å². The predicted molar refractivity (Wildman–Crippen MR) is 64.6 cm³/mol. The molecule has 0 saturated carbocycles. The fourth-order valence-corrected chi connectivity index (χ4v) is 1.60. The second-order valence-electron chi connectivity index (χ2n) is 3.73. The van der Waals surface area contributed by atoms with Gasteiger partial charge in [-0.2, -0.15) is 14.4 Å². The number of halogens is 1. The van der Waals surface area contributed by atoms with Crippen molar-refractivity contribution in [3.05, 3.63) is 36.2 Å². The molecule has 0 unspecified atom stereocenters. The first-order chi connectivity index (χ1) is 9.22. The summed E-state index contributed by atoms with van der Waals surface area (Å²) in [6.45, 7) is 0.0718.